The first-order chi connectivity index (χ1) is 14.3. The van der Waals surface area contributed by atoms with Crippen LogP contribution in [0.1, 0.15) is 32.5 Å². The van der Waals surface area contributed by atoms with Crippen LogP contribution in [0.3, 0.4) is 0 Å². The summed E-state index contributed by atoms with van der Waals surface area (Å²) in [7, 11) is 1.82. The molecule has 2 aromatic heterocycles. The highest BCUT2D eigenvalue weighted by atomic mass is 127. The van der Waals surface area contributed by atoms with Crippen LogP contribution in [-0.4, -0.2) is 77.9 Å². The third kappa shape index (κ3) is 6.52. The van der Waals surface area contributed by atoms with Crippen molar-refractivity contribution in [1.29, 1.82) is 0 Å². The molecule has 1 fully saturated rings. The highest BCUT2D eigenvalue weighted by Crippen LogP contribution is 2.19. The first kappa shape index (κ1) is 24.8. The molecule has 0 aliphatic carbocycles. The minimum atomic E-state index is 0. The van der Waals surface area contributed by atoms with Gasteiger partial charge in [-0.3, -0.25) is 14.3 Å². The van der Waals surface area contributed by atoms with Gasteiger partial charge in [0.1, 0.15) is 5.82 Å². The van der Waals surface area contributed by atoms with Gasteiger partial charge in [0.2, 0.25) is 0 Å². The molecule has 1 aliphatic rings. The van der Waals surface area contributed by atoms with Gasteiger partial charge in [-0.2, -0.15) is 0 Å². The quantitative estimate of drug-likeness (QED) is 0.295. The molecule has 2 N–H and O–H groups in total. The highest BCUT2D eigenvalue weighted by Gasteiger charge is 2.27. The topological polar surface area (TPSA) is 79.1 Å². The minimum absolute atomic E-state index is 0. The maximum atomic E-state index is 5.55. The van der Waals surface area contributed by atoms with Crippen LogP contribution in [0, 0.1) is 5.92 Å². The van der Waals surface area contributed by atoms with Crippen LogP contribution in [0.2, 0.25) is 0 Å². The van der Waals surface area contributed by atoms with Crippen molar-refractivity contribution in [3.63, 3.8) is 0 Å². The lowest BCUT2D eigenvalue weighted by Gasteiger charge is -2.39. The fourth-order valence-corrected chi connectivity index (χ4v) is 4.11. The Morgan fingerprint density at radius 3 is 2.63 bits per heavy atom. The molecule has 1 aliphatic heterocycles. The van der Waals surface area contributed by atoms with Crippen molar-refractivity contribution in [2.75, 3.05) is 46.4 Å². The molecule has 8 nitrogen and oxygen atoms in total. The Morgan fingerprint density at radius 2 is 1.93 bits per heavy atom. The number of fused-ring (bicyclic) bond motifs is 1. The first-order valence-corrected chi connectivity index (χ1v) is 10.8. The van der Waals surface area contributed by atoms with Gasteiger partial charge in [0, 0.05) is 51.9 Å². The van der Waals surface area contributed by atoms with Crippen LogP contribution in [0.5, 0.6) is 0 Å². The van der Waals surface area contributed by atoms with Gasteiger partial charge in [-0.25, -0.2) is 0 Å². The normalized spacial score (nSPS) is 16.5. The molecule has 1 saturated heterocycles. The summed E-state index contributed by atoms with van der Waals surface area (Å²) in [6.07, 6.45) is 5.16. The van der Waals surface area contributed by atoms with Crippen molar-refractivity contribution < 1.29 is 4.74 Å². The van der Waals surface area contributed by atoms with E-state index in [0.717, 1.165) is 63.2 Å². The van der Waals surface area contributed by atoms with E-state index in [0.29, 0.717) is 12.0 Å². The number of aliphatic imine (C=N–C) groups is 1. The predicted molar refractivity (Wildman–Crippen MR) is 132 cm³/mol. The van der Waals surface area contributed by atoms with Crippen LogP contribution >= 0.6 is 24.0 Å². The van der Waals surface area contributed by atoms with Crippen LogP contribution in [-0.2, 0) is 11.2 Å². The van der Waals surface area contributed by atoms with Gasteiger partial charge in [0.25, 0.3) is 0 Å². The number of hydrogen-bond acceptors (Lipinski definition) is 5. The molecule has 1 unspecified atom stereocenters. The summed E-state index contributed by atoms with van der Waals surface area (Å²) in [5.41, 5.74) is 0.878. The number of nitrogens with zero attached hydrogens (tertiary/aromatic N) is 5. The Kier molecular flexibility index (Phi) is 10.8. The van der Waals surface area contributed by atoms with Gasteiger partial charge >= 0.3 is 0 Å². The second-order valence-electron chi connectivity index (χ2n) is 7.47. The number of morpholine rings is 1. The van der Waals surface area contributed by atoms with Crippen molar-refractivity contribution in [3.05, 3.63) is 30.2 Å². The monoisotopic (exact) mass is 529 g/mol. The van der Waals surface area contributed by atoms with E-state index in [1.54, 1.807) is 0 Å². The number of ether oxygens (including phenoxy) is 1. The second kappa shape index (κ2) is 13.1. The van der Waals surface area contributed by atoms with Crippen molar-refractivity contribution in [2.24, 2.45) is 10.9 Å². The molecule has 0 radical (unpaired) electrons. The smallest absolute Gasteiger partial charge is 0.191 e. The summed E-state index contributed by atoms with van der Waals surface area (Å²) in [5, 5.41) is 15.5. The number of halogens is 1. The van der Waals surface area contributed by atoms with Crippen molar-refractivity contribution >= 4 is 35.6 Å². The van der Waals surface area contributed by atoms with E-state index >= 15 is 0 Å². The molecule has 0 aromatic carbocycles. The van der Waals surface area contributed by atoms with Crippen LogP contribution in [0.25, 0.3) is 5.65 Å². The molecule has 3 rings (SSSR count). The highest BCUT2D eigenvalue weighted by molar-refractivity contribution is 14.0. The fourth-order valence-electron chi connectivity index (χ4n) is 4.11. The summed E-state index contributed by atoms with van der Waals surface area (Å²) in [4.78, 5) is 6.98. The zero-order valence-electron chi connectivity index (χ0n) is 18.4. The maximum absolute atomic E-state index is 5.55. The standard InChI is InChI=1S/C21H35N7O.HI/c1-4-17(5-2)18(27-12-14-29-15-13-27)16-24-21(22-3)23-10-9-20-26-25-19-8-6-7-11-28(19)20;/h6-8,11,17-18H,4-5,9-10,12-16H2,1-3H3,(H2,22,23,24);1H. The van der Waals surface area contributed by atoms with E-state index in [-0.39, 0.29) is 24.0 Å². The average molecular weight is 529 g/mol. The van der Waals surface area contributed by atoms with Gasteiger partial charge in [-0.15, -0.1) is 34.2 Å². The van der Waals surface area contributed by atoms with Crippen molar-refractivity contribution in [1.82, 2.24) is 30.1 Å². The number of rotatable bonds is 9. The number of aromatic nitrogens is 3. The average Bonchev–Trinajstić information content (AvgIpc) is 3.19. The summed E-state index contributed by atoms with van der Waals surface area (Å²) >= 11 is 0. The van der Waals surface area contributed by atoms with E-state index in [1.807, 2.05) is 35.8 Å². The number of guanidine groups is 1. The van der Waals surface area contributed by atoms with E-state index in [9.17, 15) is 0 Å². The van der Waals surface area contributed by atoms with Crippen LogP contribution < -0.4 is 10.6 Å². The van der Waals surface area contributed by atoms with Crippen LogP contribution in [0.4, 0.5) is 0 Å². The Balaban J connectivity index is 0.00000320. The van der Waals surface area contributed by atoms with Gasteiger partial charge in [-0.05, 0) is 18.1 Å². The molecular weight excluding hydrogens is 493 g/mol. The Labute approximate surface area is 196 Å². The first-order valence-electron chi connectivity index (χ1n) is 10.8. The predicted octanol–water partition coefficient (Wildman–Crippen LogP) is 2.19. The fraction of sp³-hybridized carbons (Fsp3) is 0.667. The molecule has 168 valence electrons. The lowest BCUT2D eigenvalue weighted by Crippen LogP contribution is -2.53. The SMILES string of the molecule is CCC(CC)C(CNC(=NC)NCCc1nnc2ccccn12)N1CCOCC1.I. The van der Waals surface area contributed by atoms with E-state index in [4.69, 9.17) is 4.74 Å². The summed E-state index contributed by atoms with van der Waals surface area (Å²) in [6, 6.07) is 6.43. The molecular formula is C21H36IN7O. The largest absolute Gasteiger partial charge is 0.379 e. The third-order valence-corrected chi connectivity index (χ3v) is 5.84. The van der Waals surface area contributed by atoms with Crippen molar-refractivity contribution in [2.45, 2.75) is 39.2 Å². The molecule has 9 heteroatoms. The van der Waals surface area contributed by atoms with Gasteiger partial charge in [-0.1, -0.05) is 32.8 Å². The molecule has 0 amide bonds. The Hall–Kier alpha value is -1.46. The number of hydrogen-bond donors (Lipinski definition) is 2. The lowest BCUT2D eigenvalue weighted by atomic mass is 9.92. The molecule has 30 heavy (non-hydrogen) atoms. The summed E-state index contributed by atoms with van der Waals surface area (Å²) in [6.45, 7) is 9.90. The van der Waals surface area contributed by atoms with E-state index < -0.39 is 0 Å². The Morgan fingerprint density at radius 1 is 1.17 bits per heavy atom. The van der Waals surface area contributed by atoms with E-state index in [1.165, 1.54) is 12.8 Å². The minimum Gasteiger partial charge on any atom is -0.379 e. The third-order valence-electron chi connectivity index (χ3n) is 5.84. The van der Waals surface area contributed by atoms with Gasteiger partial charge in [0.05, 0.1) is 13.2 Å². The van der Waals surface area contributed by atoms with Crippen LogP contribution in [0.15, 0.2) is 29.4 Å². The van der Waals surface area contributed by atoms with Gasteiger partial charge < -0.3 is 15.4 Å². The number of nitrogens with one attached hydrogen (secondary N) is 2. The molecule has 3 heterocycles. The van der Waals surface area contributed by atoms with Gasteiger partial charge in [0.15, 0.2) is 11.6 Å². The zero-order chi connectivity index (χ0) is 20.5. The summed E-state index contributed by atoms with van der Waals surface area (Å²) < 4.78 is 7.58. The van der Waals surface area contributed by atoms with Crippen molar-refractivity contribution in [3.8, 4) is 0 Å². The summed E-state index contributed by atoms with van der Waals surface area (Å²) in [5.74, 6) is 2.45. The lowest BCUT2D eigenvalue weighted by molar-refractivity contribution is 0.00272. The molecule has 0 saturated carbocycles. The molecule has 2 aromatic rings. The molecule has 1 atom stereocenters. The molecule has 0 bridgehead atoms. The maximum Gasteiger partial charge on any atom is 0.191 e. The Bertz CT molecular complexity index is 772. The molecule has 0 spiro atoms. The van der Waals surface area contributed by atoms with E-state index in [2.05, 4.69) is 44.6 Å². The zero-order valence-corrected chi connectivity index (χ0v) is 20.7. The second-order valence-corrected chi connectivity index (χ2v) is 7.47. The number of pyridine rings is 1.